The van der Waals surface area contributed by atoms with E-state index in [1.54, 1.807) is 7.11 Å². The van der Waals surface area contributed by atoms with Gasteiger partial charge in [-0.2, -0.15) is 0 Å². The Morgan fingerprint density at radius 2 is 1.90 bits per heavy atom. The molecule has 0 spiro atoms. The minimum atomic E-state index is -0.425. The number of hydrogen-bond acceptors (Lipinski definition) is 4. The maximum Gasteiger partial charge on any atom is 0.255 e. The minimum Gasteiger partial charge on any atom is -0.493 e. The van der Waals surface area contributed by atoms with Crippen LogP contribution in [0.5, 0.6) is 11.5 Å². The Hall–Kier alpha value is -3.06. The summed E-state index contributed by atoms with van der Waals surface area (Å²) in [4.78, 5) is 13.3. The highest BCUT2D eigenvalue weighted by molar-refractivity contribution is 7.80. The van der Waals surface area contributed by atoms with Crippen molar-refractivity contribution in [3.63, 3.8) is 0 Å². The van der Waals surface area contributed by atoms with Crippen LogP contribution in [-0.4, -0.2) is 24.7 Å². The highest BCUT2D eigenvalue weighted by atomic mass is 32.1. The summed E-state index contributed by atoms with van der Waals surface area (Å²) in [6.45, 7) is 8.58. The number of thiocarbonyl (C=S) groups is 1. The van der Waals surface area contributed by atoms with Gasteiger partial charge in [0.1, 0.15) is 0 Å². The molecule has 1 aliphatic heterocycles. The van der Waals surface area contributed by atoms with Crippen LogP contribution in [-0.2, 0) is 4.79 Å². The third-order valence-electron chi connectivity index (χ3n) is 5.00. The molecule has 31 heavy (non-hydrogen) atoms. The fraction of sp³-hybridized carbons (Fsp3) is 0.333. The Labute approximate surface area is 189 Å². The topological polar surface area (TPSA) is 71.6 Å². The number of nitrogens with one attached hydrogen (secondary N) is 3. The molecule has 0 bridgehead atoms. The van der Waals surface area contributed by atoms with E-state index in [1.165, 1.54) is 0 Å². The molecule has 0 aliphatic carbocycles. The molecule has 0 unspecified atom stereocenters. The largest absolute Gasteiger partial charge is 0.493 e. The van der Waals surface area contributed by atoms with Crippen molar-refractivity contribution in [2.24, 2.45) is 5.92 Å². The maximum absolute atomic E-state index is 13.3. The van der Waals surface area contributed by atoms with Crippen LogP contribution in [0.15, 0.2) is 53.7 Å². The van der Waals surface area contributed by atoms with Crippen LogP contribution in [0.25, 0.3) is 0 Å². The first kappa shape index (κ1) is 22.6. The predicted molar refractivity (Wildman–Crippen MR) is 127 cm³/mol. The molecule has 3 N–H and O–H groups in total. The molecule has 0 radical (unpaired) electrons. The monoisotopic (exact) mass is 439 g/mol. The van der Waals surface area contributed by atoms with E-state index in [2.05, 4.69) is 29.8 Å². The number of rotatable bonds is 7. The quantitative estimate of drug-likeness (QED) is 0.553. The lowest BCUT2D eigenvalue weighted by molar-refractivity contribution is -0.113. The van der Waals surface area contributed by atoms with E-state index in [0.717, 1.165) is 16.8 Å². The summed E-state index contributed by atoms with van der Waals surface area (Å²) in [6.07, 6.45) is 0. The second-order valence-corrected chi connectivity index (χ2v) is 8.36. The van der Waals surface area contributed by atoms with E-state index in [1.807, 2.05) is 56.3 Å². The number of amides is 1. The average molecular weight is 440 g/mol. The zero-order valence-electron chi connectivity index (χ0n) is 18.5. The standard InChI is InChI=1S/C24H29N3O3S/c1-14(2)13-30-19-11-10-17(12-20(19)29-5)22-21(16(4)25-24(31)27-22)23(28)26-18-9-7-6-8-15(18)3/h6-12,14,22H,13H2,1-5H3,(H,26,28)(H2,25,27,31)/t22-/m0/s1. The van der Waals surface area contributed by atoms with Crippen molar-refractivity contribution in [1.29, 1.82) is 0 Å². The summed E-state index contributed by atoms with van der Waals surface area (Å²) in [5.74, 6) is 1.48. The molecule has 0 saturated heterocycles. The van der Waals surface area contributed by atoms with E-state index in [-0.39, 0.29) is 5.91 Å². The maximum atomic E-state index is 13.3. The first-order valence-corrected chi connectivity index (χ1v) is 10.7. The van der Waals surface area contributed by atoms with Gasteiger partial charge in [0.25, 0.3) is 5.91 Å². The van der Waals surface area contributed by atoms with Gasteiger partial charge in [-0.3, -0.25) is 4.79 Å². The number of allylic oxidation sites excluding steroid dienone is 1. The SMILES string of the molecule is COc1cc([C@@H]2NC(=S)NC(C)=C2C(=O)Nc2ccccc2C)ccc1OCC(C)C. The van der Waals surface area contributed by atoms with E-state index < -0.39 is 6.04 Å². The molecule has 2 aromatic carbocycles. The molecule has 164 valence electrons. The van der Waals surface area contributed by atoms with E-state index >= 15 is 0 Å². The zero-order chi connectivity index (χ0) is 22.5. The van der Waals surface area contributed by atoms with Crippen LogP contribution in [0.3, 0.4) is 0 Å². The number of ether oxygens (including phenoxy) is 2. The number of methoxy groups -OCH3 is 1. The summed E-state index contributed by atoms with van der Waals surface area (Å²) in [5.41, 5.74) is 3.89. The predicted octanol–water partition coefficient (Wildman–Crippen LogP) is 4.47. The van der Waals surface area contributed by atoms with Gasteiger partial charge < -0.3 is 25.4 Å². The van der Waals surface area contributed by atoms with Gasteiger partial charge >= 0.3 is 0 Å². The molecule has 2 aromatic rings. The fourth-order valence-corrected chi connectivity index (χ4v) is 3.66. The van der Waals surface area contributed by atoms with Gasteiger partial charge in [0.05, 0.1) is 25.3 Å². The second kappa shape index (κ2) is 9.83. The van der Waals surface area contributed by atoms with Gasteiger partial charge in [0, 0.05) is 11.4 Å². The van der Waals surface area contributed by atoms with Crippen molar-refractivity contribution in [3.05, 3.63) is 64.9 Å². The molecule has 1 heterocycles. The summed E-state index contributed by atoms with van der Waals surface area (Å²) < 4.78 is 11.4. The van der Waals surface area contributed by atoms with Gasteiger partial charge in [0.2, 0.25) is 0 Å². The van der Waals surface area contributed by atoms with Crippen molar-refractivity contribution in [1.82, 2.24) is 10.6 Å². The Kier molecular flexibility index (Phi) is 7.17. The number of carbonyl (C=O) groups excluding carboxylic acids is 1. The van der Waals surface area contributed by atoms with Crippen LogP contribution in [0.4, 0.5) is 5.69 Å². The van der Waals surface area contributed by atoms with Crippen molar-refractivity contribution < 1.29 is 14.3 Å². The molecule has 0 fully saturated rings. The zero-order valence-corrected chi connectivity index (χ0v) is 19.4. The van der Waals surface area contributed by atoms with Gasteiger partial charge in [-0.15, -0.1) is 0 Å². The Morgan fingerprint density at radius 1 is 1.16 bits per heavy atom. The van der Waals surface area contributed by atoms with Gasteiger partial charge in [-0.1, -0.05) is 38.1 Å². The molecule has 7 heteroatoms. The Balaban J connectivity index is 1.94. The summed E-state index contributed by atoms with van der Waals surface area (Å²) in [6, 6.07) is 12.9. The number of para-hydroxylation sites is 1. The van der Waals surface area contributed by atoms with Crippen LogP contribution in [0.2, 0.25) is 0 Å². The molecule has 1 amide bonds. The van der Waals surface area contributed by atoms with E-state index in [9.17, 15) is 4.79 Å². The van der Waals surface area contributed by atoms with Crippen molar-refractivity contribution in [2.45, 2.75) is 33.7 Å². The summed E-state index contributed by atoms with van der Waals surface area (Å²) in [5, 5.41) is 9.78. The van der Waals surface area contributed by atoms with E-state index in [4.69, 9.17) is 21.7 Å². The first-order chi connectivity index (χ1) is 14.8. The summed E-state index contributed by atoms with van der Waals surface area (Å²) >= 11 is 5.36. The van der Waals surface area contributed by atoms with E-state index in [0.29, 0.717) is 40.4 Å². The molecule has 6 nitrogen and oxygen atoms in total. The van der Waals surface area contributed by atoms with Crippen molar-refractivity contribution in [2.75, 3.05) is 19.0 Å². The first-order valence-electron chi connectivity index (χ1n) is 10.3. The second-order valence-electron chi connectivity index (χ2n) is 7.95. The molecular formula is C24H29N3O3S. The average Bonchev–Trinajstić information content (AvgIpc) is 2.73. The molecule has 1 atom stereocenters. The number of carbonyl (C=O) groups is 1. The lowest BCUT2D eigenvalue weighted by Crippen LogP contribution is -2.45. The number of aryl methyl sites for hydroxylation is 1. The smallest absolute Gasteiger partial charge is 0.255 e. The van der Waals surface area contributed by atoms with Crippen LogP contribution in [0.1, 0.15) is 37.9 Å². The van der Waals surface area contributed by atoms with Gasteiger partial charge in [0.15, 0.2) is 16.6 Å². The van der Waals surface area contributed by atoms with Crippen LogP contribution < -0.4 is 25.4 Å². The number of hydrogen-bond donors (Lipinski definition) is 3. The third kappa shape index (κ3) is 5.35. The van der Waals surface area contributed by atoms with Gasteiger partial charge in [-0.25, -0.2) is 0 Å². The van der Waals surface area contributed by atoms with Crippen molar-refractivity contribution >= 4 is 28.9 Å². The third-order valence-corrected chi connectivity index (χ3v) is 5.22. The highest BCUT2D eigenvalue weighted by Gasteiger charge is 2.30. The van der Waals surface area contributed by atoms with Crippen LogP contribution >= 0.6 is 12.2 Å². The normalized spacial score (nSPS) is 15.9. The lowest BCUT2D eigenvalue weighted by atomic mass is 9.94. The lowest BCUT2D eigenvalue weighted by Gasteiger charge is -2.31. The molecule has 0 saturated carbocycles. The fourth-order valence-electron chi connectivity index (χ4n) is 3.39. The highest BCUT2D eigenvalue weighted by Crippen LogP contribution is 2.35. The molecule has 3 rings (SSSR count). The van der Waals surface area contributed by atoms with Gasteiger partial charge in [-0.05, 0) is 61.3 Å². The van der Waals surface area contributed by atoms with Crippen LogP contribution in [0, 0.1) is 12.8 Å². The molecule has 0 aromatic heterocycles. The minimum absolute atomic E-state index is 0.196. The Bertz CT molecular complexity index is 1020. The van der Waals surface area contributed by atoms with Crippen molar-refractivity contribution in [3.8, 4) is 11.5 Å². The Morgan fingerprint density at radius 3 is 2.58 bits per heavy atom. The number of benzene rings is 2. The summed E-state index contributed by atoms with van der Waals surface area (Å²) in [7, 11) is 1.61. The number of anilines is 1. The molecular weight excluding hydrogens is 410 g/mol. The molecule has 1 aliphatic rings.